The number of hydrogen-bond acceptors (Lipinski definition) is 1. The van der Waals surface area contributed by atoms with Gasteiger partial charge < -0.3 is 8.82 Å². The van der Waals surface area contributed by atoms with Crippen molar-refractivity contribution < 1.29 is 13.6 Å². The maximum Gasteiger partial charge on any atom is 0.213 e. The molecule has 0 amide bonds. The van der Waals surface area contributed by atoms with Crippen LogP contribution in [-0.2, 0) is 0 Å². The van der Waals surface area contributed by atoms with Crippen molar-refractivity contribution in [3.63, 3.8) is 0 Å². The Morgan fingerprint density at radius 3 is 2.31 bits per heavy atom. The first kappa shape index (κ1) is 28.4. The van der Waals surface area contributed by atoms with E-state index in [2.05, 4.69) is 169 Å². The molecule has 0 N–H and O–H groups in total. The quantitative estimate of drug-likeness (QED) is 0.133. The van der Waals surface area contributed by atoms with Crippen LogP contribution in [0, 0.1) is 20.8 Å². The highest BCUT2D eigenvalue weighted by atomic mass is 16.3. The maximum atomic E-state index is 6.76. The highest BCUT2D eigenvalue weighted by Crippen LogP contribution is 2.52. The molecule has 0 bridgehead atoms. The van der Waals surface area contributed by atoms with E-state index >= 15 is 0 Å². The van der Waals surface area contributed by atoms with Gasteiger partial charge in [0.25, 0.3) is 0 Å². The highest BCUT2D eigenvalue weighted by Gasteiger charge is 2.51. The van der Waals surface area contributed by atoms with Crippen molar-refractivity contribution >= 4 is 60.0 Å². The zero-order valence-corrected chi connectivity index (χ0v) is 29.3. The first-order chi connectivity index (χ1) is 25.5. The molecular weight excluding hydrogens is 635 g/mol. The fraction of sp³-hybridized carbons (Fsp3) is 0.125. The fourth-order valence-electron chi connectivity index (χ4n) is 10.1. The van der Waals surface area contributed by atoms with Gasteiger partial charge in [-0.15, -0.1) is 0 Å². The molecule has 3 atom stereocenters. The van der Waals surface area contributed by atoms with Crippen LogP contribution in [0.2, 0.25) is 0 Å². The average molecular weight is 670 g/mol. The topological polar surface area (TPSA) is 25.3 Å². The van der Waals surface area contributed by atoms with E-state index in [1.54, 1.807) is 0 Å². The molecule has 2 aliphatic heterocycles. The molecule has 12 rings (SSSR count). The van der Waals surface area contributed by atoms with Crippen molar-refractivity contribution in [2.75, 3.05) is 0 Å². The van der Waals surface area contributed by atoms with Gasteiger partial charge in [0.05, 0.1) is 27.7 Å². The van der Waals surface area contributed by atoms with E-state index in [1.807, 2.05) is 0 Å². The molecule has 52 heavy (non-hydrogen) atoms. The second-order valence-electron chi connectivity index (χ2n) is 15.1. The second-order valence-corrected chi connectivity index (χ2v) is 15.1. The van der Waals surface area contributed by atoms with Crippen LogP contribution in [0.15, 0.2) is 139 Å². The summed E-state index contributed by atoms with van der Waals surface area (Å²) in [7, 11) is 0. The Kier molecular flexibility index (Phi) is 5.33. The third kappa shape index (κ3) is 3.38. The monoisotopic (exact) mass is 669 g/mol. The van der Waals surface area contributed by atoms with Gasteiger partial charge in [-0.25, -0.2) is 0 Å². The highest BCUT2D eigenvalue weighted by molar-refractivity contribution is 6.28. The molecule has 4 nitrogen and oxygen atoms in total. The van der Waals surface area contributed by atoms with Crippen LogP contribution in [0.4, 0.5) is 0 Å². The van der Waals surface area contributed by atoms with Gasteiger partial charge in [0.2, 0.25) is 11.4 Å². The van der Waals surface area contributed by atoms with Gasteiger partial charge in [-0.2, -0.15) is 9.13 Å². The smallest absolute Gasteiger partial charge is 0.213 e. The molecule has 4 heteroatoms. The maximum absolute atomic E-state index is 6.76. The second kappa shape index (κ2) is 9.74. The summed E-state index contributed by atoms with van der Waals surface area (Å²) in [6.45, 7) is 11.2. The largest absolute Gasteiger partial charge is 0.454 e. The van der Waals surface area contributed by atoms with E-state index in [9.17, 15) is 0 Å². The summed E-state index contributed by atoms with van der Waals surface area (Å²) < 4.78 is 14.3. The Balaban J connectivity index is 1.27. The van der Waals surface area contributed by atoms with Crippen LogP contribution in [0.25, 0.3) is 82.5 Å². The predicted octanol–water partition coefficient (Wildman–Crippen LogP) is 11.0. The van der Waals surface area contributed by atoms with Crippen LogP contribution >= 0.6 is 0 Å². The Morgan fingerprint density at radius 2 is 1.42 bits per heavy atom. The van der Waals surface area contributed by atoms with E-state index in [0.29, 0.717) is 0 Å². The summed E-state index contributed by atoms with van der Waals surface area (Å²) in [5, 5.41) is 7.38. The van der Waals surface area contributed by atoms with Crippen molar-refractivity contribution in [3.8, 4) is 22.5 Å². The molecule has 5 aromatic heterocycles. The molecule has 2 aliphatic rings. The van der Waals surface area contributed by atoms with Crippen LogP contribution in [0.1, 0.15) is 45.8 Å². The number of allylic oxidation sites excluding steroid dienone is 1. The van der Waals surface area contributed by atoms with Crippen molar-refractivity contribution in [1.82, 2.24) is 4.40 Å². The van der Waals surface area contributed by atoms with Gasteiger partial charge in [-0.05, 0) is 92.1 Å². The van der Waals surface area contributed by atoms with Crippen molar-refractivity contribution in [3.05, 3.63) is 162 Å². The molecule has 0 aliphatic carbocycles. The first-order valence-corrected chi connectivity index (χ1v) is 18.3. The summed E-state index contributed by atoms with van der Waals surface area (Å²) in [4.78, 5) is 0. The summed E-state index contributed by atoms with van der Waals surface area (Å²) >= 11 is 0. The molecule has 10 aromatic rings. The van der Waals surface area contributed by atoms with Crippen molar-refractivity contribution in [1.29, 1.82) is 0 Å². The van der Waals surface area contributed by atoms with Gasteiger partial charge in [-0.1, -0.05) is 49.0 Å². The summed E-state index contributed by atoms with van der Waals surface area (Å²) in [6, 6.07) is 40.8. The molecule has 246 valence electrons. The minimum atomic E-state index is 0.0334. The van der Waals surface area contributed by atoms with E-state index in [1.165, 1.54) is 82.9 Å². The Hall–Kier alpha value is -6.26. The Morgan fingerprint density at radius 1 is 0.635 bits per heavy atom. The van der Waals surface area contributed by atoms with E-state index in [0.717, 1.165) is 27.5 Å². The molecule has 7 heterocycles. The van der Waals surface area contributed by atoms with E-state index in [-0.39, 0.29) is 18.0 Å². The molecule has 0 spiro atoms. The standard InChI is InChI=1S/C48H35N3O/c1-5-39-44(46-31-14-7-6-12-29(31)40-15-10-11-19-49(40)46)36-24-42-35(23-34(36)41-22-27(3)28(4)25-50(39)41)38-21-26(2)20-37-32-17-18-33-30-13-8-9-16-43(30)52-48(33)47(32)51(42)45(37)38/h5-25,39,44,46H,1H2,2-4H3/q+2. The van der Waals surface area contributed by atoms with Crippen molar-refractivity contribution in [2.45, 2.75) is 38.8 Å². The van der Waals surface area contributed by atoms with Crippen LogP contribution in [-0.4, -0.2) is 4.40 Å². The number of benzene rings is 5. The average Bonchev–Trinajstić information content (AvgIpc) is 3.89. The van der Waals surface area contributed by atoms with Crippen LogP contribution < -0.4 is 9.13 Å². The first-order valence-electron chi connectivity index (χ1n) is 18.3. The zero-order valence-electron chi connectivity index (χ0n) is 29.3. The number of aromatic nitrogens is 3. The van der Waals surface area contributed by atoms with E-state index < -0.39 is 0 Å². The zero-order chi connectivity index (χ0) is 34.6. The fourth-order valence-corrected chi connectivity index (χ4v) is 10.1. The Labute approximate surface area is 300 Å². The predicted molar refractivity (Wildman–Crippen MR) is 210 cm³/mol. The number of aryl methyl sites for hydroxylation is 3. The number of furan rings is 1. The Bertz CT molecular complexity index is 3170. The molecule has 3 unspecified atom stereocenters. The third-order valence-electron chi connectivity index (χ3n) is 12.4. The lowest BCUT2D eigenvalue weighted by Gasteiger charge is -2.31. The lowest BCUT2D eigenvalue weighted by Crippen LogP contribution is -2.52. The normalized spacial score (nSPS) is 17.8. The molecule has 0 saturated carbocycles. The molecule has 0 fully saturated rings. The van der Waals surface area contributed by atoms with E-state index in [4.69, 9.17) is 4.42 Å². The number of nitrogens with zero attached hydrogens (tertiary/aromatic N) is 3. The van der Waals surface area contributed by atoms with Gasteiger partial charge >= 0.3 is 0 Å². The minimum Gasteiger partial charge on any atom is -0.454 e. The van der Waals surface area contributed by atoms with Crippen LogP contribution in [0.3, 0.4) is 0 Å². The molecule has 0 saturated heterocycles. The number of pyridine rings is 2. The number of hydrogen-bond donors (Lipinski definition) is 0. The number of para-hydroxylation sites is 1. The van der Waals surface area contributed by atoms with Gasteiger partial charge in [0, 0.05) is 61.6 Å². The van der Waals surface area contributed by atoms with Crippen molar-refractivity contribution in [2.24, 2.45) is 0 Å². The SMILES string of the molecule is C=CC1C(C2c3ccccc3-c3cccc[n+]32)c2cc3c(cc2-c2cc(C)c(C)c[n+]21)c1cc(C)cc2c4ccc5c6ccccc6oc5c4n3c12. The summed E-state index contributed by atoms with van der Waals surface area (Å²) in [5.41, 5.74) is 17.2. The van der Waals surface area contributed by atoms with Gasteiger partial charge in [0.1, 0.15) is 11.5 Å². The van der Waals surface area contributed by atoms with Crippen LogP contribution in [0.5, 0.6) is 0 Å². The molecule has 5 aromatic carbocycles. The van der Waals surface area contributed by atoms with Gasteiger partial charge in [0.15, 0.2) is 30.1 Å². The lowest BCUT2D eigenvalue weighted by molar-refractivity contribution is -0.739. The number of fused-ring (bicyclic) bond motifs is 16. The third-order valence-corrected chi connectivity index (χ3v) is 12.4. The number of rotatable bonds is 2. The summed E-state index contributed by atoms with van der Waals surface area (Å²) in [5.74, 6) is 0.0844. The van der Waals surface area contributed by atoms with Gasteiger partial charge in [-0.3, -0.25) is 0 Å². The lowest BCUT2D eigenvalue weighted by atomic mass is 9.75. The molecular formula is C48H35N3O+2. The molecule has 0 radical (unpaired) electrons. The minimum absolute atomic E-state index is 0.0334. The summed E-state index contributed by atoms with van der Waals surface area (Å²) in [6.07, 6.45) is 6.81.